The summed E-state index contributed by atoms with van der Waals surface area (Å²) < 4.78 is 14.0. The van der Waals surface area contributed by atoms with E-state index in [0.717, 1.165) is 5.75 Å². The molecule has 0 amide bonds. The van der Waals surface area contributed by atoms with Gasteiger partial charge in [-0.2, -0.15) is 0 Å². The van der Waals surface area contributed by atoms with Crippen LogP contribution in [0.25, 0.3) is 25.1 Å². The van der Waals surface area contributed by atoms with Crippen molar-refractivity contribution in [2.24, 2.45) is 0 Å². The van der Waals surface area contributed by atoms with Crippen molar-refractivity contribution in [1.29, 1.82) is 0 Å². The van der Waals surface area contributed by atoms with Gasteiger partial charge in [0.15, 0.2) is 20.6 Å². The Morgan fingerprint density at radius 1 is 0.800 bits per heavy atom. The standard InChI is InChI=1S/C22H21O2S/c1-3-23-16(2)24-17-12-14-18(15-13-17)25-21-10-6-4-8-19(21)20-9-5-7-11-22(20)25/h4-16H,3H2,1-2H3/q+1. The maximum atomic E-state index is 5.79. The van der Waals surface area contributed by atoms with Gasteiger partial charge in [-0.05, 0) is 50.2 Å². The molecule has 1 atom stereocenters. The molecule has 4 rings (SSSR count). The molecule has 2 nitrogen and oxygen atoms in total. The molecule has 1 unspecified atom stereocenters. The zero-order chi connectivity index (χ0) is 17.2. The van der Waals surface area contributed by atoms with Gasteiger partial charge in [0.05, 0.1) is 0 Å². The molecule has 0 aliphatic carbocycles. The van der Waals surface area contributed by atoms with Gasteiger partial charge in [0.25, 0.3) is 0 Å². The molecule has 0 N–H and O–H groups in total. The van der Waals surface area contributed by atoms with Crippen LogP contribution in [0.5, 0.6) is 5.75 Å². The molecule has 0 spiro atoms. The summed E-state index contributed by atoms with van der Waals surface area (Å²) in [6, 6.07) is 25.9. The molecule has 4 aromatic rings. The number of hydrogen-bond acceptors (Lipinski definition) is 2. The molecule has 0 saturated heterocycles. The molecule has 0 aliphatic rings. The van der Waals surface area contributed by atoms with E-state index in [1.54, 1.807) is 0 Å². The van der Waals surface area contributed by atoms with Gasteiger partial charge in [-0.1, -0.05) is 24.3 Å². The fraction of sp³-hybridized carbons (Fsp3) is 0.182. The second kappa shape index (κ2) is 6.87. The highest BCUT2D eigenvalue weighted by Crippen LogP contribution is 2.48. The van der Waals surface area contributed by atoms with E-state index in [4.69, 9.17) is 9.47 Å². The van der Waals surface area contributed by atoms with Crippen molar-refractivity contribution < 1.29 is 9.47 Å². The van der Waals surface area contributed by atoms with Crippen LogP contribution in [-0.2, 0) is 4.74 Å². The molecule has 0 fully saturated rings. The summed E-state index contributed by atoms with van der Waals surface area (Å²) >= 11 is 0. The Hall–Kier alpha value is -2.36. The zero-order valence-corrected chi connectivity index (χ0v) is 15.3. The quantitative estimate of drug-likeness (QED) is 0.303. The first kappa shape index (κ1) is 16.1. The number of thiophene rings is 1. The van der Waals surface area contributed by atoms with Gasteiger partial charge >= 0.3 is 0 Å². The molecule has 3 aromatic carbocycles. The van der Waals surface area contributed by atoms with Crippen LogP contribution in [0.15, 0.2) is 72.8 Å². The average Bonchev–Trinajstić information content (AvgIpc) is 2.97. The Morgan fingerprint density at radius 3 is 1.92 bits per heavy atom. The monoisotopic (exact) mass is 349 g/mol. The van der Waals surface area contributed by atoms with Crippen LogP contribution < -0.4 is 4.74 Å². The second-order valence-electron chi connectivity index (χ2n) is 5.91. The van der Waals surface area contributed by atoms with Crippen LogP contribution in [0.2, 0.25) is 0 Å². The molecular formula is C22H21O2S+. The fourth-order valence-electron chi connectivity index (χ4n) is 3.22. The Morgan fingerprint density at radius 2 is 1.36 bits per heavy atom. The molecule has 25 heavy (non-hydrogen) atoms. The van der Waals surface area contributed by atoms with Gasteiger partial charge in [0.2, 0.25) is 0 Å². The lowest BCUT2D eigenvalue weighted by atomic mass is 10.2. The summed E-state index contributed by atoms with van der Waals surface area (Å²) in [5, 5.41) is 2.71. The Labute approximate surface area is 150 Å². The summed E-state index contributed by atoms with van der Waals surface area (Å²) in [5.41, 5.74) is 0. The van der Waals surface area contributed by atoms with Crippen molar-refractivity contribution in [3.63, 3.8) is 0 Å². The van der Waals surface area contributed by atoms with Crippen molar-refractivity contribution in [1.82, 2.24) is 0 Å². The fourth-order valence-corrected chi connectivity index (χ4v) is 5.60. The van der Waals surface area contributed by atoms with Crippen LogP contribution >= 0.6 is 10.5 Å². The molecule has 0 bridgehead atoms. The van der Waals surface area contributed by atoms with Crippen LogP contribution in [0.3, 0.4) is 0 Å². The highest BCUT2D eigenvalue weighted by molar-refractivity contribution is 7.50. The lowest BCUT2D eigenvalue weighted by molar-refractivity contribution is -0.0613. The Balaban J connectivity index is 1.79. The van der Waals surface area contributed by atoms with Gasteiger partial charge in [0, 0.05) is 40.0 Å². The molecule has 1 heterocycles. The van der Waals surface area contributed by atoms with Crippen molar-refractivity contribution in [3.05, 3.63) is 72.8 Å². The van der Waals surface area contributed by atoms with Crippen LogP contribution in [-0.4, -0.2) is 12.9 Å². The molecule has 0 saturated carbocycles. The number of ether oxygens (including phenoxy) is 2. The molecule has 3 heteroatoms. The summed E-state index contributed by atoms with van der Waals surface area (Å²) in [6.07, 6.45) is -0.230. The van der Waals surface area contributed by atoms with Gasteiger partial charge in [-0.25, -0.2) is 0 Å². The first-order chi connectivity index (χ1) is 12.3. The van der Waals surface area contributed by atoms with Crippen molar-refractivity contribution in [2.45, 2.75) is 20.1 Å². The molecule has 0 aliphatic heterocycles. The number of rotatable bonds is 5. The second-order valence-corrected chi connectivity index (χ2v) is 7.87. The van der Waals surface area contributed by atoms with Crippen LogP contribution in [0.4, 0.5) is 0 Å². The van der Waals surface area contributed by atoms with E-state index >= 15 is 0 Å². The first-order valence-electron chi connectivity index (χ1n) is 8.59. The van der Waals surface area contributed by atoms with Gasteiger partial charge in [-0.15, -0.1) is 0 Å². The number of fused-ring (bicyclic) bond motifs is 3. The third-order valence-corrected chi connectivity index (χ3v) is 6.60. The van der Waals surface area contributed by atoms with Gasteiger partial charge < -0.3 is 9.47 Å². The summed E-state index contributed by atoms with van der Waals surface area (Å²) in [6.45, 7) is 4.54. The van der Waals surface area contributed by atoms with Crippen LogP contribution in [0.1, 0.15) is 13.8 Å². The minimum atomic E-state index is -0.230. The first-order valence-corrected chi connectivity index (χ1v) is 9.81. The predicted octanol–water partition coefficient (Wildman–Crippen LogP) is 6.49. The van der Waals surface area contributed by atoms with E-state index in [1.165, 1.54) is 25.1 Å². The zero-order valence-electron chi connectivity index (χ0n) is 14.4. The van der Waals surface area contributed by atoms with E-state index in [0.29, 0.717) is 6.61 Å². The summed E-state index contributed by atoms with van der Waals surface area (Å²) in [4.78, 5) is 1.31. The van der Waals surface area contributed by atoms with Gasteiger partial charge in [-0.3, -0.25) is 0 Å². The smallest absolute Gasteiger partial charge is 0.196 e. The van der Waals surface area contributed by atoms with Crippen molar-refractivity contribution in [3.8, 4) is 10.6 Å². The summed E-state index contributed by atoms with van der Waals surface area (Å²) in [7, 11) is -0.0517. The molecule has 1 aromatic heterocycles. The maximum Gasteiger partial charge on any atom is 0.196 e. The van der Waals surface area contributed by atoms with E-state index in [1.807, 2.05) is 26.0 Å². The molecule has 0 radical (unpaired) electrons. The van der Waals surface area contributed by atoms with E-state index in [-0.39, 0.29) is 16.8 Å². The minimum absolute atomic E-state index is 0.0517. The minimum Gasteiger partial charge on any atom is -0.465 e. The van der Waals surface area contributed by atoms with E-state index in [9.17, 15) is 0 Å². The van der Waals surface area contributed by atoms with Gasteiger partial charge in [0.1, 0.15) is 5.75 Å². The van der Waals surface area contributed by atoms with Crippen molar-refractivity contribution in [2.75, 3.05) is 6.61 Å². The lowest BCUT2D eigenvalue weighted by Crippen LogP contribution is -2.15. The highest BCUT2D eigenvalue weighted by Gasteiger charge is 2.22. The maximum absolute atomic E-state index is 5.79. The lowest BCUT2D eigenvalue weighted by Gasteiger charge is -2.13. The molecule has 126 valence electrons. The predicted molar refractivity (Wildman–Crippen MR) is 107 cm³/mol. The molecular weight excluding hydrogens is 328 g/mol. The average molecular weight is 349 g/mol. The third kappa shape index (κ3) is 3.01. The Kier molecular flexibility index (Phi) is 4.43. The van der Waals surface area contributed by atoms with E-state index < -0.39 is 0 Å². The normalized spacial score (nSPS) is 12.6. The SMILES string of the molecule is CCOC(C)Oc1ccc(-[s+]2c3ccccc3c3ccccc32)cc1. The topological polar surface area (TPSA) is 18.5 Å². The van der Waals surface area contributed by atoms with E-state index in [2.05, 4.69) is 60.7 Å². The van der Waals surface area contributed by atoms with Crippen molar-refractivity contribution >= 4 is 30.6 Å². The highest BCUT2D eigenvalue weighted by atomic mass is 32.2. The summed E-state index contributed by atoms with van der Waals surface area (Å²) in [5.74, 6) is 0.842. The van der Waals surface area contributed by atoms with Crippen LogP contribution in [0, 0.1) is 0 Å². The number of benzene rings is 3. The Bertz CT molecular complexity index is 948. The third-order valence-electron chi connectivity index (χ3n) is 4.27. The number of hydrogen-bond donors (Lipinski definition) is 0. The largest absolute Gasteiger partial charge is 0.465 e.